The molecule has 0 aliphatic rings. The molecule has 0 radical (unpaired) electrons. The normalized spacial score (nSPS) is 19.0. The van der Waals surface area contributed by atoms with Crippen LogP contribution >= 0.6 is 0 Å². The number of fused-ring (bicyclic) bond motifs is 1. The van der Waals surface area contributed by atoms with Crippen LogP contribution in [0.5, 0.6) is 0 Å². The Morgan fingerprint density at radius 2 is 1.92 bits per heavy atom. The third-order valence-corrected chi connectivity index (χ3v) is 3.88. The number of nitrogens with one attached hydrogen (secondary N) is 1. The molecule has 0 aromatic heterocycles. The first kappa shape index (κ1) is 9.56. The minimum absolute atomic E-state index is 0.0124. The van der Waals surface area contributed by atoms with Crippen molar-refractivity contribution in [1.82, 2.24) is 5.32 Å². The molecule has 1 atom stereocenters. The van der Waals surface area contributed by atoms with Crippen LogP contribution < -0.4 is 5.32 Å². The van der Waals surface area contributed by atoms with Gasteiger partial charge < -0.3 is 5.32 Å². The van der Waals surface area contributed by atoms with E-state index in [1.165, 1.54) is 12.1 Å². The third kappa shape index (κ3) is 4.44. The lowest BCUT2D eigenvalue weighted by molar-refractivity contribution is -0.137. The van der Waals surface area contributed by atoms with Crippen molar-refractivity contribution in [3.05, 3.63) is 83.3 Å². The summed E-state index contributed by atoms with van der Waals surface area (Å²) in [6.07, 6.45) is -4.08. The van der Waals surface area contributed by atoms with Crippen molar-refractivity contribution in [2.45, 2.75) is 31.9 Å². The van der Waals surface area contributed by atoms with Crippen molar-refractivity contribution in [2.24, 2.45) is 0 Å². The summed E-state index contributed by atoms with van der Waals surface area (Å²) in [5.41, 5.74) is -0.756. The van der Waals surface area contributed by atoms with Gasteiger partial charge in [0.2, 0.25) is 0 Å². The molecule has 1 N–H and O–H groups in total. The first-order chi connectivity index (χ1) is 16.6. The van der Waals surface area contributed by atoms with Gasteiger partial charge >= 0.3 is 6.18 Å². The van der Waals surface area contributed by atoms with Crippen molar-refractivity contribution in [3.8, 4) is 0 Å². The molecule has 4 heteroatoms. The second-order valence-corrected chi connectivity index (χ2v) is 5.73. The zero-order valence-electron chi connectivity index (χ0n) is 23.6. The number of hydrogen-bond acceptors (Lipinski definition) is 1. The summed E-state index contributed by atoms with van der Waals surface area (Å²) in [6.45, 7) is -2.83. The van der Waals surface area contributed by atoms with Crippen LogP contribution in [-0.2, 0) is 12.6 Å². The van der Waals surface area contributed by atoms with Gasteiger partial charge in [-0.2, -0.15) is 13.2 Å². The molecular weight excluding hydrogens is 335 g/mol. The summed E-state index contributed by atoms with van der Waals surface area (Å²) < 4.78 is 120. The Morgan fingerprint density at radius 3 is 2.73 bits per heavy atom. The standard InChI is InChI=1S/C22H22F3N/c1-16(20-13-5-10-18-9-2-3-12-21(18)20)26-14-6-8-17-7-4-11-19(15-17)22(23,24)25/h2-5,7,9-13,15-16,26H,6,8,14H2,1H3/t16-/m1/s1/i1D3,2D,3D,5D,9D,10D,12D,13D. The minimum atomic E-state index is -4.50. The molecule has 0 bridgehead atoms. The van der Waals surface area contributed by atoms with Gasteiger partial charge in [-0.15, -0.1) is 0 Å². The van der Waals surface area contributed by atoms with Crippen LogP contribution in [0.25, 0.3) is 10.8 Å². The largest absolute Gasteiger partial charge is 0.416 e. The molecule has 3 rings (SSSR count). The van der Waals surface area contributed by atoms with Gasteiger partial charge in [-0.25, -0.2) is 0 Å². The molecule has 26 heavy (non-hydrogen) atoms. The smallest absolute Gasteiger partial charge is 0.310 e. The van der Waals surface area contributed by atoms with E-state index in [4.69, 9.17) is 13.7 Å². The highest BCUT2D eigenvalue weighted by molar-refractivity contribution is 5.86. The number of benzene rings is 3. The second-order valence-electron chi connectivity index (χ2n) is 5.73. The fraction of sp³-hybridized carbons (Fsp3) is 0.273. The lowest BCUT2D eigenvalue weighted by atomic mass is 9.99. The van der Waals surface area contributed by atoms with E-state index < -0.39 is 66.9 Å². The van der Waals surface area contributed by atoms with Gasteiger partial charge in [-0.3, -0.25) is 0 Å². The molecule has 0 saturated carbocycles. The highest BCUT2D eigenvalue weighted by atomic mass is 19.4. The van der Waals surface area contributed by atoms with E-state index in [-0.39, 0.29) is 35.7 Å². The first-order valence-electron chi connectivity index (χ1n) is 13.0. The van der Waals surface area contributed by atoms with Crippen molar-refractivity contribution < 1.29 is 26.9 Å². The molecular formula is C22H22F3N. The van der Waals surface area contributed by atoms with Gasteiger partial charge in [0.05, 0.1) is 15.2 Å². The Hall–Kier alpha value is -2.33. The van der Waals surface area contributed by atoms with Gasteiger partial charge in [0.25, 0.3) is 0 Å². The Bertz CT molecular complexity index is 1300. The SMILES string of the molecule is [2H]c1c([2H])c([2H])c2c([C@H](NCCCc3cccc(C(F)(F)F)c3)C([2H])([2H])[2H])c([2H])c([2H])c([2H])c2c1[2H]. The number of rotatable bonds is 6. The predicted molar refractivity (Wildman–Crippen MR) is 100 cm³/mol. The lowest BCUT2D eigenvalue weighted by Crippen LogP contribution is -2.20. The molecule has 3 aromatic rings. The first-order valence-corrected chi connectivity index (χ1v) is 7.96. The third-order valence-electron chi connectivity index (χ3n) is 3.88. The second kappa shape index (κ2) is 7.92. The van der Waals surface area contributed by atoms with E-state index in [9.17, 15) is 13.2 Å². The van der Waals surface area contributed by atoms with Gasteiger partial charge in [-0.1, -0.05) is 60.5 Å². The van der Waals surface area contributed by atoms with Crippen LogP contribution in [0, 0.1) is 0 Å². The zero-order chi connectivity index (χ0) is 27.2. The molecule has 0 spiro atoms. The Kier molecular flexibility index (Phi) is 2.91. The van der Waals surface area contributed by atoms with Crippen molar-refractivity contribution in [3.63, 3.8) is 0 Å². The highest BCUT2D eigenvalue weighted by Crippen LogP contribution is 2.29. The number of hydrogen-bond donors (Lipinski definition) is 1. The Labute approximate surface area is 165 Å². The average Bonchev–Trinajstić information content (AvgIpc) is 2.79. The number of halogens is 3. The van der Waals surface area contributed by atoms with Crippen molar-refractivity contribution in [2.75, 3.05) is 6.54 Å². The maximum absolute atomic E-state index is 12.9. The molecule has 136 valence electrons. The van der Waals surface area contributed by atoms with Gasteiger partial charge in [0, 0.05) is 10.2 Å². The van der Waals surface area contributed by atoms with Crippen LogP contribution in [0.15, 0.2) is 66.6 Å². The molecule has 0 heterocycles. The predicted octanol–water partition coefficient (Wildman–Crippen LogP) is 6.14. The molecule has 1 nitrogen and oxygen atoms in total. The fourth-order valence-electron chi connectivity index (χ4n) is 2.59. The fourth-order valence-corrected chi connectivity index (χ4v) is 2.59. The molecule has 0 fully saturated rings. The molecule has 0 amide bonds. The lowest BCUT2D eigenvalue weighted by Gasteiger charge is -2.17. The van der Waals surface area contributed by atoms with Crippen LogP contribution in [-0.4, -0.2) is 6.54 Å². The maximum atomic E-state index is 12.9. The van der Waals surface area contributed by atoms with Crippen molar-refractivity contribution >= 4 is 10.8 Å². The molecule has 0 aliphatic carbocycles. The summed E-state index contributed by atoms with van der Waals surface area (Å²) in [5, 5.41) is 2.08. The van der Waals surface area contributed by atoms with Crippen LogP contribution in [0.1, 0.15) is 49.7 Å². The molecule has 0 aliphatic heterocycles. The summed E-state index contributed by atoms with van der Waals surface area (Å²) >= 11 is 0. The van der Waals surface area contributed by atoms with Crippen LogP contribution in [0.2, 0.25) is 0 Å². The minimum Gasteiger partial charge on any atom is -0.310 e. The molecule has 0 unspecified atom stereocenters. The van der Waals surface area contributed by atoms with Gasteiger partial charge in [0.15, 0.2) is 0 Å². The quantitative estimate of drug-likeness (QED) is 0.516. The summed E-state index contributed by atoms with van der Waals surface area (Å²) in [4.78, 5) is 0. The summed E-state index contributed by atoms with van der Waals surface area (Å²) in [6, 6.07) is -1.37. The topological polar surface area (TPSA) is 12.0 Å². The van der Waals surface area contributed by atoms with Gasteiger partial charge in [0.1, 0.15) is 0 Å². The van der Waals surface area contributed by atoms with Gasteiger partial charge in [-0.05, 0) is 54.2 Å². The van der Waals surface area contributed by atoms with E-state index in [1.54, 1.807) is 0 Å². The van der Waals surface area contributed by atoms with E-state index in [2.05, 4.69) is 5.32 Å². The summed E-state index contributed by atoms with van der Waals surface area (Å²) in [5.74, 6) is 0. The van der Waals surface area contributed by atoms with E-state index >= 15 is 0 Å². The van der Waals surface area contributed by atoms with E-state index in [1.807, 2.05) is 0 Å². The van der Waals surface area contributed by atoms with E-state index in [0.29, 0.717) is 5.56 Å². The monoisotopic (exact) mass is 367 g/mol. The summed E-state index contributed by atoms with van der Waals surface area (Å²) in [7, 11) is 0. The van der Waals surface area contributed by atoms with Crippen LogP contribution in [0.4, 0.5) is 13.2 Å². The number of alkyl halides is 3. The zero-order valence-corrected chi connectivity index (χ0v) is 13.6. The molecule has 3 aromatic carbocycles. The highest BCUT2D eigenvalue weighted by Gasteiger charge is 2.30. The van der Waals surface area contributed by atoms with E-state index in [0.717, 1.165) is 12.1 Å². The number of aryl methyl sites for hydroxylation is 1. The Morgan fingerprint density at radius 1 is 1.12 bits per heavy atom. The van der Waals surface area contributed by atoms with Crippen LogP contribution in [0.3, 0.4) is 0 Å². The molecule has 0 saturated heterocycles. The average molecular weight is 367 g/mol. The Balaban J connectivity index is 2.00. The maximum Gasteiger partial charge on any atom is 0.416 e. The van der Waals surface area contributed by atoms with Crippen molar-refractivity contribution in [1.29, 1.82) is 0 Å².